The Hall–Kier alpha value is -1.06. The van der Waals surface area contributed by atoms with Gasteiger partial charge in [0.2, 0.25) is 0 Å². The van der Waals surface area contributed by atoms with Gasteiger partial charge in [-0.1, -0.05) is 44.5 Å². The standard InChI is InChI=1S/C21H32ClNO2/c1-5-19(20(24)25-6-2)23(15-12-16(3)4)21(13-7-14-21)17-8-10-18(22)11-9-17/h8-11,16,19H,5-7,12-15H2,1-4H3. The van der Waals surface area contributed by atoms with Crippen molar-refractivity contribution in [1.29, 1.82) is 0 Å². The predicted octanol–water partition coefficient (Wildman–Crippen LogP) is 5.41. The summed E-state index contributed by atoms with van der Waals surface area (Å²) in [5.74, 6) is 0.513. The van der Waals surface area contributed by atoms with Gasteiger partial charge < -0.3 is 4.74 Å². The van der Waals surface area contributed by atoms with E-state index in [1.807, 2.05) is 19.1 Å². The SMILES string of the molecule is CCOC(=O)C(CC)N(CCC(C)C)C1(c2ccc(Cl)cc2)CCC1. The number of esters is 1. The third-order valence-corrected chi connectivity index (χ3v) is 5.63. The van der Waals surface area contributed by atoms with E-state index in [1.54, 1.807) is 0 Å². The monoisotopic (exact) mass is 365 g/mol. The smallest absolute Gasteiger partial charge is 0.323 e. The summed E-state index contributed by atoms with van der Waals surface area (Å²) in [5.41, 5.74) is 1.21. The molecule has 25 heavy (non-hydrogen) atoms. The summed E-state index contributed by atoms with van der Waals surface area (Å²) in [6.07, 6.45) is 5.21. The van der Waals surface area contributed by atoms with E-state index >= 15 is 0 Å². The molecular formula is C21H32ClNO2. The van der Waals surface area contributed by atoms with Gasteiger partial charge in [-0.25, -0.2) is 0 Å². The van der Waals surface area contributed by atoms with Crippen molar-refractivity contribution in [3.05, 3.63) is 34.9 Å². The Labute approximate surface area is 157 Å². The van der Waals surface area contributed by atoms with E-state index in [-0.39, 0.29) is 17.6 Å². The van der Waals surface area contributed by atoms with E-state index in [2.05, 4.69) is 37.8 Å². The largest absolute Gasteiger partial charge is 0.465 e. The highest BCUT2D eigenvalue weighted by Gasteiger charge is 2.47. The van der Waals surface area contributed by atoms with E-state index in [9.17, 15) is 4.79 Å². The summed E-state index contributed by atoms with van der Waals surface area (Å²) in [6.45, 7) is 9.77. The fourth-order valence-corrected chi connectivity index (χ4v) is 3.96. The van der Waals surface area contributed by atoms with Gasteiger partial charge in [-0.05, 0) is 62.6 Å². The first-order chi connectivity index (χ1) is 11.9. The maximum absolute atomic E-state index is 12.6. The van der Waals surface area contributed by atoms with Crippen molar-refractivity contribution in [2.24, 2.45) is 5.92 Å². The Morgan fingerprint density at radius 3 is 2.32 bits per heavy atom. The molecule has 0 heterocycles. The maximum Gasteiger partial charge on any atom is 0.323 e. The zero-order valence-electron chi connectivity index (χ0n) is 16.1. The molecule has 1 fully saturated rings. The fourth-order valence-electron chi connectivity index (χ4n) is 3.83. The van der Waals surface area contributed by atoms with E-state index in [0.29, 0.717) is 12.5 Å². The van der Waals surface area contributed by atoms with Crippen LogP contribution in [0.3, 0.4) is 0 Å². The maximum atomic E-state index is 12.6. The number of nitrogens with zero attached hydrogens (tertiary/aromatic N) is 1. The second-order valence-electron chi connectivity index (χ2n) is 7.44. The van der Waals surface area contributed by atoms with Gasteiger partial charge in [-0.15, -0.1) is 0 Å². The van der Waals surface area contributed by atoms with Gasteiger partial charge in [0.25, 0.3) is 0 Å². The van der Waals surface area contributed by atoms with Gasteiger partial charge in [0.15, 0.2) is 0 Å². The Kier molecular flexibility index (Phi) is 7.33. The van der Waals surface area contributed by atoms with Crippen LogP contribution < -0.4 is 0 Å². The lowest BCUT2D eigenvalue weighted by Crippen LogP contribution is -2.58. The minimum absolute atomic E-state index is 0.0626. The number of rotatable bonds is 9. The molecule has 0 bridgehead atoms. The van der Waals surface area contributed by atoms with Crippen molar-refractivity contribution in [2.45, 2.75) is 71.4 Å². The second-order valence-corrected chi connectivity index (χ2v) is 7.88. The average molecular weight is 366 g/mol. The number of halogens is 1. The van der Waals surface area contributed by atoms with Gasteiger partial charge >= 0.3 is 5.97 Å². The van der Waals surface area contributed by atoms with Gasteiger partial charge in [0.1, 0.15) is 6.04 Å². The molecule has 0 aliphatic heterocycles. The van der Waals surface area contributed by atoms with Crippen molar-refractivity contribution in [3.8, 4) is 0 Å². The molecule has 1 aromatic carbocycles. The van der Waals surface area contributed by atoms with Crippen molar-refractivity contribution in [3.63, 3.8) is 0 Å². The van der Waals surface area contributed by atoms with Crippen LogP contribution in [0.1, 0.15) is 65.4 Å². The minimum Gasteiger partial charge on any atom is -0.465 e. The first kappa shape index (κ1) is 20.3. The molecule has 0 amide bonds. The second kappa shape index (κ2) is 9.05. The summed E-state index contributed by atoms with van der Waals surface area (Å²) in [7, 11) is 0. The van der Waals surface area contributed by atoms with Gasteiger partial charge in [-0.2, -0.15) is 0 Å². The Morgan fingerprint density at radius 1 is 1.24 bits per heavy atom. The zero-order valence-corrected chi connectivity index (χ0v) is 16.8. The summed E-state index contributed by atoms with van der Waals surface area (Å²) >= 11 is 6.10. The number of benzene rings is 1. The number of hydrogen-bond acceptors (Lipinski definition) is 3. The average Bonchev–Trinajstić information content (AvgIpc) is 2.53. The lowest BCUT2D eigenvalue weighted by atomic mass is 9.69. The van der Waals surface area contributed by atoms with Crippen molar-refractivity contribution >= 4 is 17.6 Å². The fraction of sp³-hybridized carbons (Fsp3) is 0.667. The van der Waals surface area contributed by atoms with Gasteiger partial charge in [0, 0.05) is 17.1 Å². The molecule has 0 radical (unpaired) electrons. The van der Waals surface area contributed by atoms with Crippen LogP contribution in [0.25, 0.3) is 0 Å². The Bertz CT molecular complexity index is 552. The highest BCUT2D eigenvalue weighted by Crippen LogP contribution is 2.48. The molecule has 1 aliphatic rings. The summed E-state index contributed by atoms with van der Waals surface area (Å²) in [6, 6.07) is 7.99. The van der Waals surface area contributed by atoms with Crippen LogP contribution in [0.15, 0.2) is 24.3 Å². The number of ether oxygens (including phenoxy) is 1. The molecule has 0 N–H and O–H groups in total. The summed E-state index contributed by atoms with van der Waals surface area (Å²) in [5, 5.41) is 0.754. The first-order valence-electron chi connectivity index (χ1n) is 9.64. The molecular weight excluding hydrogens is 334 g/mol. The number of hydrogen-bond donors (Lipinski definition) is 0. The third kappa shape index (κ3) is 4.57. The van der Waals surface area contributed by atoms with Crippen molar-refractivity contribution < 1.29 is 9.53 Å². The molecule has 1 aromatic rings. The predicted molar refractivity (Wildman–Crippen MR) is 104 cm³/mol. The van der Waals surface area contributed by atoms with E-state index in [4.69, 9.17) is 16.3 Å². The van der Waals surface area contributed by atoms with Crippen LogP contribution in [0.4, 0.5) is 0 Å². The minimum atomic E-state index is -0.185. The van der Waals surface area contributed by atoms with Crippen LogP contribution in [0.2, 0.25) is 5.02 Å². The van der Waals surface area contributed by atoms with Crippen LogP contribution in [-0.2, 0) is 15.1 Å². The molecule has 140 valence electrons. The van der Waals surface area contributed by atoms with Crippen molar-refractivity contribution in [2.75, 3.05) is 13.2 Å². The van der Waals surface area contributed by atoms with Crippen LogP contribution in [0, 0.1) is 5.92 Å². The zero-order chi connectivity index (χ0) is 18.4. The van der Waals surface area contributed by atoms with Crippen LogP contribution >= 0.6 is 11.6 Å². The van der Waals surface area contributed by atoms with E-state index in [1.165, 1.54) is 12.0 Å². The number of carbonyl (C=O) groups is 1. The van der Waals surface area contributed by atoms with E-state index in [0.717, 1.165) is 37.3 Å². The van der Waals surface area contributed by atoms with Gasteiger partial charge in [-0.3, -0.25) is 9.69 Å². The quantitative estimate of drug-likeness (QED) is 0.548. The normalized spacial score (nSPS) is 17.4. The third-order valence-electron chi connectivity index (χ3n) is 5.38. The molecule has 1 atom stereocenters. The Morgan fingerprint density at radius 2 is 1.88 bits per heavy atom. The summed E-state index contributed by atoms with van der Waals surface area (Å²) < 4.78 is 5.40. The molecule has 3 nitrogen and oxygen atoms in total. The lowest BCUT2D eigenvalue weighted by molar-refractivity contribution is -0.156. The highest BCUT2D eigenvalue weighted by molar-refractivity contribution is 6.30. The molecule has 1 unspecified atom stereocenters. The van der Waals surface area contributed by atoms with Gasteiger partial charge in [0.05, 0.1) is 6.61 Å². The molecule has 4 heteroatoms. The highest BCUT2D eigenvalue weighted by atomic mass is 35.5. The molecule has 0 aromatic heterocycles. The molecule has 1 aliphatic carbocycles. The first-order valence-corrected chi connectivity index (χ1v) is 10.0. The summed E-state index contributed by atoms with van der Waals surface area (Å²) in [4.78, 5) is 15.1. The molecule has 1 saturated carbocycles. The molecule has 2 rings (SSSR count). The lowest BCUT2D eigenvalue weighted by Gasteiger charge is -2.53. The molecule has 0 spiro atoms. The van der Waals surface area contributed by atoms with Crippen LogP contribution in [0.5, 0.6) is 0 Å². The topological polar surface area (TPSA) is 29.5 Å². The van der Waals surface area contributed by atoms with Crippen molar-refractivity contribution in [1.82, 2.24) is 4.90 Å². The molecule has 0 saturated heterocycles. The Balaban J connectivity index is 2.37. The van der Waals surface area contributed by atoms with Crippen LogP contribution in [-0.4, -0.2) is 30.1 Å². The number of carbonyl (C=O) groups excluding carboxylic acids is 1. The van der Waals surface area contributed by atoms with E-state index < -0.39 is 0 Å².